The van der Waals surface area contributed by atoms with E-state index in [0.29, 0.717) is 66.8 Å². The summed E-state index contributed by atoms with van der Waals surface area (Å²) in [5.41, 5.74) is -33.2. The van der Waals surface area contributed by atoms with Crippen molar-refractivity contribution in [3.63, 3.8) is 0 Å². The molecule has 584 valence electrons. The Kier molecular flexibility index (Phi) is 19.4. The Hall–Kier alpha value is -12.8. The topological polar surface area (TPSA) is 84.1 Å². The fourth-order valence-electron chi connectivity index (χ4n) is 13.6. The number of allylic oxidation sites excluding steroid dienone is 5. The number of H-pyrrole nitrogens is 3. The summed E-state index contributed by atoms with van der Waals surface area (Å²) >= 11 is 0. The van der Waals surface area contributed by atoms with Crippen LogP contribution in [0, 0.1) is 175 Å². The lowest BCUT2D eigenvalue weighted by atomic mass is 9.96. The first kappa shape index (κ1) is 77.6. The number of fused-ring (bicyclic) bond motifs is 10. The van der Waals surface area contributed by atoms with Crippen molar-refractivity contribution in [1.82, 2.24) is 20.3 Å². The molecule has 0 amide bonds. The van der Waals surface area contributed by atoms with E-state index in [2.05, 4.69) is 30.3 Å². The number of nitrogens with one attached hydrogen (secondary N) is 4. The van der Waals surface area contributed by atoms with Gasteiger partial charge in [0.05, 0.1) is 67.9 Å². The molecule has 8 aromatic carbocycles. The molecule has 12 bridgehead atoms. The zero-order valence-corrected chi connectivity index (χ0v) is 56.4. The first-order valence-corrected chi connectivity index (χ1v) is 33.6. The number of aromatic amines is 3. The van der Waals surface area contributed by atoms with Crippen molar-refractivity contribution in [1.29, 1.82) is 0 Å². The van der Waals surface area contributed by atoms with Gasteiger partial charge in [0.15, 0.2) is 140 Å². The summed E-state index contributed by atoms with van der Waals surface area (Å²) in [6.45, 7) is 0. The fourth-order valence-corrected chi connectivity index (χ4v) is 16.2. The first-order valence-electron chi connectivity index (χ1n) is 32.2. The van der Waals surface area contributed by atoms with Crippen LogP contribution in [0.3, 0.4) is 0 Å². The summed E-state index contributed by atoms with van der Waals surface area (Å²) in [6.07, 6.45) is 2.47. The number of benzene rings is 8. The number of hydrogen-bond acceptors (Lipinski definition) is 3. The van der Waals surface area contributed by atoms with Gasteiger partial charge in [0.2, 0.25) is 34.9 Å². The molecule has 6 nitrogen and oxygen atoms in total. The van der Waals surface area contributed by atoms with Crippen LogP contribution in [0.5, 0.6) is 0 Å². The van der Waals surface area contributed by atoms with Gasteiger partial charge in [-0.05, 0) is 79.2 Å². The van der Waals surface area contributed by atoms with Gasteiger partial charge in [0, 0.05) is 71.9 Å². The van der Waals surface area contributed by atoms with Crippen molar-refractivity contribution in [2.24, 2.45) is 9.98 Å². The van der Waals surface area contributed by atoms with E-state index in [1.807, 2.05) is 0 Å². The Labute approximate surface area is 620 Å². The van der Waals surface area contributed by atoms with Gasteiger partial charge in [-0.2, -0.15) is 0 Å². The van der Waals surface area contributed by atoms with E-state index in [1.54, 1.807) is 0 Å². The monoisotopic (exact) mass is 1650 g/mol. The highest BCUT2D eigenvalue weighted by molar-refractivity contribution is 7.74. The number of hydrogen-bond donors (Lipinski definition) is 4. The first-order chi connectivity index (χ1) is 54.6. The van der Waals surface area contributed by atoms with Crippen molar-refractivity contribution in [3.8, 4) is 0 Å². The van der Waals surface area contributed by atoms with Crippen LogP contribution in [0.1, 0.15) is 44.8 Å². The molecule has 2 unspecified atom stereocenters. The van der Waals surface area contributed by atoms with Crippen molar-refractivity contribution in [3.05, 3.63) is 385 Å². The maximum absolute atomic E-state index is 17.4. The second kappa shape index (κ2) is 28.7. The van der Waals surface area contributed by atoms with Crippen LogP contribution >= 0.6 is 7.92 Å². The van der Waals surface area contributed by atoms with E-state index in [9.17, 15) is 0 Å². The molecule has 4 aliphatic rings. The number of nitrogens with zero attached hydrogens (tertiary/aromatic N) is 2. The largest absolute Gasteiger partial charge is 0.374 e. The Morgan fingerprint density at radius 1 is 0.270 bits per heavy atom. The summed E-state index contributed by atoms with van der Waals surface area (Å²) in [7, 11) is -2.74. The van der Waals surface area contributed by atoms with Crippen molar-refractivity contribution < 1.29 is 132 Å². The van der Waals surface area contributed by atoms with E-state index < -0.39 is 322 Å². The smallest absolute Gasteiger partial charge is 0.200 e. The zero-order chi connectivity index (χ0) is 82.6. The quantitative estimate of drug-likeness (QED) is 0.0494. The molecule has 37 heteroatoms. The summed E-state index contributed by atoms with van der Waals surface area (Å²) in [4.78, 5) is 15.1. The minimum absolute atomic E-state index is 0.0292. The fraction of sp³-hybridized carbons (Fsp3) is 0.0256. The highest BCUT2D eigenvalue weighted by Crippen LogP contribution is 2.50. The predicted octanol–water partition coefficient (Wildman–Crippen LogP) is 17.0. The third-order valence-electron chi connectivity index (χ3n) is 18.7. The van der Waals surface area contributed by atoms with E-state index >= 15 is 132 Å². The molecule has 11 aromatic rings. The van der Waals surface area contributed by atoms with Crippen molar-refractivity contribution in [2.45, 2.75) is 11.7 Å². The van der Waals surface area contributed by atoms with Crippen LogP contribution < -0.4 is 37.3 Å². The number of aromatic nitrogens is 3. The predicted molar refractivity (Wildman–Crippen MR) is 351 cm³/mol. The Bertz CT molecular complexity index is 6490. The molecule has 3 aromatic heterocycles. The lowest BCUT2D eigenvalue weighted by Gasteiger charge is -2.27. The van der Waals surface area contributed by atoms with E-state index in [4.69, 9.17) is 0 Å². The van der Waals surface area contributed by atoms with Gasteiger partial charge in [-0.1, -0.05) is 66.7 Å². The molecule has 0 radical (unpaired) electrons. The molecular weight excluding hydrogens is 1620 g/mol. The Balaban J connectivity index is 1.21. The second-order valence-corrected chi connectivity index (χ2v) is 27.3. The maximum atomic E-state index is 17.4. The highest BCUT2D eigenvalue weighted by Gasteiger charge is 2.44. The van der Waals surface area contributed by atoms with Gasteiger partial charge in [0.1, 0.15) is 0 Å². The molecule has 15 rings (SSSR count). The molecule has 0 saturated carbocycles. The molecule has 7 heterocycles. The molecule has 0 spiro atoms. The van der Waals surface area contributed by atoms with Gasteiger partial charge in [-0.3, -0.25) is 4.99 Å². The van der Waals surface area contributed by atoms with Crippen LogP contribution in [-0.4, -0.2) is 38.1 Å². The lowest BCUT2D eigenvalue weighted by Crippen LogP contribution is -2.33. The minimum atomic E-state index is -2.92. The van der Waals surface area contributed by atoms with Crippen LogP contribution in [-0.2, 0) is 0 Å². The minimum Gasteiger partial charge on any atom is -0.374 e. The molecule has 2 atom stereocenters. The normalized spacial score (nSPS) is 18.8. The second-order valence-electron chi connectivity index (χ2n) is 25.0. The molecule has 0 saturated heterocycles. The Morgan fingerprint density at radius 3 is 1.01 bits per heavy atom. The van der Waals surface area contributed by atoms with E-state index in [0.717, 1.165) is 0 Å². The van der Waals surface area contributed by atoms with E-state index in [-0.39, 0.29) is 10.6 Å². The molecule has 115 heavy (non-hydrogen) atoms. The number of halogens is 30. The van der Waals surface area contributed by atoms with E-state index in [1.165, 1.54) is 60.7 Å². The van der Waals surface area contributed by atoms with Gasteiger partial charge < -0.3 is 20.3 Å². The third-order valence-corrected chi connectivity index (χ3v) is 21.3. The highest BCUT2D eigenvalue weighted by atomic mass is 31.1. The summed E-state index contributed by atoms with van der Waals surface area (Å²) in [5.74, 6) is -85.7. The zero-order valence-electron chi connectivity index (χ0n) is 55.5. The number of aliphatic imine (C=N–C) groups is 2. The molecule has 4 N–H and O–H groups in total. The summed E-state index contributed by atoms with van der Waals surface area (Å²) in [5, 5.41) is -2.63. The van der Waals surface area contributed by atoms with Crippen LogP contribution in [0.15, 0.2) is 155 Å². The molecular formula is C78H27F30N6P. The van der Waals surface area contributed by atoms with Crippen LogP contribution in [0.2, 0.25) is 0 Å². The van der Waals surface area contributed by atoms with Crippen molar-refractivity contribution in [2.75, 3.05) is 0 Å². The van der Waals surface area contributed by atoms with Gasteiger partial charge in [-0.25, -0.2) is 137 Å². The summed E-state index contributed by atoms with van der Waals surface area (Å²) < 4.78 is 487. The maximum Gasteiger partial charge on any atom is 0.200 e. The molecule has 4 aliphatic heterocycles. The average molecular weight is 1650 g/mol. The molecule has 0 aliphatic carbocycles. The standard InChI is InChI=1S/C78H27F30N6P/c79-48-42(49(80)61(92)72(103)60(48)91)36-24-11-12-25(109-24)37(43-50(81)62(93)73(104)63(94)51(43)82)27-15-16-29(111-27)39(45-54(85)66(97)75(106)67(98)55(45)86)31-19-20-33(113-31)41(47-58(89)70(101)77(108)71(102)59(47)90)78-35(115(22-7-3-1-4-8-22)23-9-5-2-6-10-23)21-34(114-78)40(46-56(87)68(99)76(107)69(100)57(46)88)32-18-17-30(112-32)38(28-14-13-26(36)110-28)44-52(83)64(95)74(105)65(96)53(44)84/h1-21,29,35,109,111-113H/b36-26+,37-27+,38-30+,39-31-,40-32+,41-33+. The summed E-state index contributed by atoms with van der Waals surface area (Å²) in [6, 6.07) is 13.5. The average Bonchev–Trinajstić information content (AvgIpc) is 1.61. The third kappa shape index (κ3) is 12.0. The molecule has 0 fully saturated rings. The Morgan fingerprint density at radius 2 is 0.591 bits per heavy atom. The van der Waals surface area contributed by atoms with Crippen LogP contribution in [0.4, 0.5) is 132 Å². The number of rotatable bonds is 9. The van der Waals surface area contributed by atoms with Gasteiger partial charge in [0.25, 0.3) is 0 Å². The van der Waals surface area contributed by atoms with Gasteiger partial charge in [-0.15, -0.1) is 0 Å². The van der Waals surface area contributed by atoms with Crippen LogP contribution in [0.25, 0.3) is 33.4 Å². The van der Waals surface area contributed by atoms with Crippen molar-refractivity contribution >= 4 is 63.4 Å². The lowest BCUT2D eigenvalue weighted by molar-refractivity contribution is 0.375. The van der Waals surface area contributed by atoms with Gasteiger partial charge >= 0.3 is 0 Å². The SMILES string of the molecule is Fc1c(F)c(F)c(/C2=C3\C=CC(=N3)/C(c3c(F)c(F)c(F)c(F)c3F)=c3/cc/c([nH]3)=C(\c3c(F)c(F)c(F)c(F)c3F)C3=CC(P(c4ccccc4)c4ccccc4)C(=N3)/C(c3c(F)c(F)c(F)c(F)c3F)=c3\cc/c([nH]3)=C(/c3c(F)c(F)c(F)c(F)c3F)C3C=C/C(=C(\c4c(F)c(F)c(F)c(F)c4F)c4ccc2[nH]4)N3)c(F)c1F.